The lowest BCUT2D eigenvalue weighted by Gasteiger charge is -2.15. The summed E-state index contributed by atoms with van der Waals surface area (Å²) in [5, 5.41) is 9.90. The van der Waals surface area contributed by atoms with Crippen LogP contribution < -0.4 is 0 Å². The molecule has 0 spiro atoms. The van der Waals surface area contributed by atoms with E-state index in [1.807, 2.05) is 13.8 Å². The average Bonchev–Trinajstić information content (AvgIpc) is 2.14. The van der Waals surface area contributed by atoms with E-state index in [-0.39, 0.29) is 23.3 Å². The third-order valence-electron chi connectivity index (χ3n) is 1.92. The summed E-state index contributed by atoms with van der Waals surface area (Å²) in [4.78, 5) is 0. The van der Waals surface area contributed by atoms with E-state index in [4.69, 9.17) is 16.3 Å². The highest BCUT2D eigenvalue weighted by Crippen LogP contribution is 2.26. The zero-order valence-corrected chi connectivity index (χ0v) is 9.46. The zero-order valence-electron chi connectivity index (χ0n) is 8.71. The number of hydrogen-bond donors (Lipinski definition) is 1. The van der Waals surface area contributed by atoms with E-state index in [0.29, 0.717) is 0 Å². The normalized spacial score (nSPS) is 13.2. The summed E-state index contributed by atoms with van der Waals surface area (Å²) in [5.74, 6) is -0.512. The second kappa shape index (κ2) is 5.45. The van der Waals surface area contributed by atoms with Crippen molar-refractivity contribution in [1.29, 1.82) is 0 Å². The monoisotopic (exact) mass is 232 g/mol. The van der Waals surface area contributed by atoms with Crippen LogP contribution in [0.4, 0.5) is 4.39 Å². The van der Waals surface area contributed by atoms with Crippen molar-refractivity contribution in [3.63, 3.8) is 0 Å². The Balaban J connectivity index is 2.77. The number of benzene rings is 1. The molecule has 4 heteroatoms. The fourth-order valence-electron chi connectivity index (χ4n) is 1.20. The minimum atomic E-state index is -1.03. The molecule has 0 radical (unpaired) electrons. The van der Waals surface area contributed by atoms with Crippen LogP contribution in [-0.4, -0.2) is 17.8 Å². The van der Waals surface area contributed by atoms with Crippen molar-refractivity contribution >= 4 is 11.6 Å². The number of hydrogen-bond acceptors (Lipinski definition) is 2. The second-order valence-electron chi connectivity index (χ2n) is 3.53. The summed E-state index contributed by atoms with van der Waals surface area (Å²) in [6.07, 6.45) is -1.04. The van der Waals surface area contributed by atoms with Gasteiger partial charge in [0.05, 0.1) is 12.7 Å². The first-order valence-electron chi connectivity index (χ1n) is 4.76. The van der Waals surface area contributed by atoms with Crippen LogP contribution in [0.15, 0.2) is 18.2 Å². The molecule has 15 heavy (non-hydrogen) atoms. The van der Waals surface area contributed by atoms with Crippen molar-refractivity contribution in [2.45, 2.75) is 26.1 Å². The highest BCUT2D eigenvalue weighted by Gasteiger charge is 2.16. The van der Waals surface area contributed by atoms with E-state index in [1.54, 1.807) is 6.07 Å². The van der Waals surface area contributed by atoms with Gasteiger partial charge in [0.25, 0.3) is 0 Å². The third kappa shape index (κ3) is 3.45. The molecular weight excluding hydrogens is 219 g/mol. The Morgan fingerprint density at radius 1 is 1.47 bits per heavy atom. The average molecular weight is 233 g/mol. The van der Waals surface area contributed by atoms with E-state index in [2.05, 4.69) is 0 Å². The van der Waals surface area contributed by atoms with Gasteiger partial charge in [0, 0.05) is 10.6 Å². The minimum Gasteiger partial charge on any atom is -0.386 e. The van der Waals surface area contributed by atoms with Crippen molar-refractivity contribution in [3.05, 3.63) is 34.6 Å². The van der Waals surface area contributed by atoms with Crippen molar-refractivity contribution in [2.75, 3.05) is 6.61 Å². The minimum absolute atomic E-state index is 0.00908. The van der Waals surface area contributed by atoms with Gasteiger partial charge in [-0.2, -0.15) is 0 Å². The van der Waals surface area contributed by atoms with Crippen molar-refractivity contribution in [1.82, 2.24) is 0 Å². The highest BCUT2D eigenvalue weighted by atomic mass is 35.5. The molecule has 1 aromatic rings. The van der Waals surface area contributed by atoms with Gasteiger partial charge in [-0.1, -0.05) is 17.7 Å². The summed E-state index contributed by atoms with van der Waals surface area (Å²) in [7, 11) is 0. The van der Waals surface area contributed by atoms with Crippen LogP contribution in [0.1, 0.15) is 25.5 Å². The van der Waals surface area contributed by atoms with E-state index in [0.717, 1.165) is 0 Å². The summed E-state index contributed by atoms with van der Waals surface area (Å²) >= 11 is 5.78. The van der Waals surface area contributed by atoms with E-state index in [1.165, 1.54) is 12.1 Å². The molecule has 0 aliphatic carbocycles. The molecule has 0 fully saturated rings. The van der Waals surface area contributed by atoms with Gasteiger partial charge in [-0.25, -0.2) is 4.39 Å². The molecule has 1 N–H and O–H groups in total. The van der Waals surface area contributed by atoms with Crippen LogP contribution in [0.25, 0.3) is 0 Å². The lowest BCUT2D eigenvalue weighted by atomic mass is 10.1. The zero-order chi connectivity index (χ0) is 11.4. The largest absolute Gasteiger partial charge is 0.386 e. The second-order valence-corrected chi connectivity index (χ2v) is 3.94. The SMILES string of the molecule is CC(C)OCC(O)c1c(F)cccc1Cl. The standard InChI is InChI=1S/C11H14ClFO2/c1-7(2)15-6-10(14)11-8(12)4-3-5-9(11)13/h3-5,7,10,14H,6H2,1-2H3. The number of ether oxygens (including phenoxy) is 1. The third-order valence-corrected chi connectivity index (χ3v) is 2.25. The molecule has 2 nitrogen and oxygen atoms in total. The van der Waals surface area contributed by atoms with Crippen LogP contribution in [0.3, 0.4) is 0 Å². The maximum Gasteiger partial charge on any atom is 0.130 e. The van der Waals surface area contributed by atoms with Gasteiger partial charge in [-0.05, 0) is 26.0 Å². The van der Waals surface area contributed by atoms with E-state index < -0.39 is 11.9 Å². The molecule has 1 unspecified atom stereocenters. The lowest BCUT2D eigenvalue weighted by molar-refractivity contribution is 0.00364. The number of halogens is 2. The van der Waals surface area contributed by atoms with Gasteiger partial charge >= 0.3 is 0 Å². The molecule has 0 aromatic heterocycles. The van der Waals surface area contributed by atoms with Crippen LogP contribution >= 0.6 is 11.6 Å². The molecule has 1 atom stereocenters. The highest BCUT2D eigenvalue weighted by molar-refractivity contribution is 6.31. The number of rotatable bonds is 4. The Kier molecular flexibility index (Phi) is 4.51. The molecule has 0 aliphatic rings. The predicted octanol–water partition coefficient (Wildman–Crippen LogP) is 2.94. The molecule has 1 rings (SSSR count). The Morgan fingerprint density at radius 2 is 2.13 bits per heavy atom. The van der Waals surface area contributed by atoms with Gasteiger partial charge < -0.3 is 9.84 Å². The maximum absolute atomic E-state index is 13.3. The van der Waals surface area contributed by atoms with Crippen molar-refractivity contribution in [3.8, 4) is 0 Å². The van der Waals surface area contributed by atoms with Crippen molar-refractivity contribution in [2.24, 2.45) is 0 Å². The molecule has 0 aliphatic heterocycles. The van der Waals surface area contributed by atoms with Crippen LogP contribution in [0.5, 0.6) is 0 Å². The molecule has 84 valence electrons. The van der Waals surface area contributed by atoms with E-state index >= 15 is 0 Å². The number of aliphatic hydroxyl groups excluding tert-OH is 1. The topological polar surface area (TPSA) is 29.5 Å². The molecule has 0 saturated heterocycles. The van der Waals surface area contributed by atoms with Gasteiger partial charge in [0.2, 0.25) is 0 Å². The number of aliphatic hydroxyl groups is 1. The molecule has 0 saturated carbocycles. The first-order chi connectivity index (χ1) is 7.02. The Labute approximate surface area is 93.6 Å². The van der Waals surface area contributed by atoms with Gasteiger partial charge in [0.1, 0.15) is 11.9 Å². The van der Waals surface area contributed by atoms with Crippen LogP contribution in [0.2, 0.25) is 5.02 Å². The quantitative estimate of drug-likeness (QED) is 0.865. The fourth-order valence-corrected chi connectivity index (χ4v) is 1.48. The lowest BCUT2D eigenvalue weighted by Crippen LogP contribution is -2.13. The smallest absolute Gasteiger partial charge is 0.130 e. The van der Waals surface area contributed by atoms with Gasteiger partial charge in [-0.15, -0.1) is 0 Å². The molecule has 0 heterocycles. The van der Waals surface area contributed by atoms with Crippen LogP contribution in [-0.2, 0) is 4.74 Å². The predicted molar refractivity (Wildman–Crippen MR) is 57.5 cm³/mol. The first kappa shape index (κ1) is 12.4. The molecular formula is C11H14ClFO2. The molecule has 0 bridgehead atoms. The summed E-state index contributed by atoms with van der Waals surface area (Å²) in [5.41, 5.74) is 0.0971. The van der Waals surface area contributed by atoms with Crippen molar-refractivity contribution < 1.29 is 14.2 Å². The maximum atomic E-state index is 13.3. The first-order valence-corrected chi connectivity index (χ1v) is 5.13. The van der Waals surface area contributed by atoms with Gasteiger partial charge in [0.15, 0.2) is 0 Å². The van der Waals surface area contributed by atoms with Crippen LogP contribution in [0, 0.1) is 5.82 Å². The summed E-state index contributed by atoms with van der Waals surface area (Å²) in [6, 6.07) is 4.30. The Morgan fingerprint density at radius 3 is 2.67 bits per heavy atom. The van der Waals surface area contributed by atoms with E-state index in [9.17, 15) is 9.50 Å². The fraction of sp³-hybridized carbons (Fsp3) is 0.455. The van der Waals surface area contributed by atoms with Gasteiger partial charge in [-0.3, -0.25) is 0 Å². The molecule has 0 amide bonds. The molecule has 1 aromatic carbocycles. The Bertz CT molecular complexity index is 308. The summed E-state index contributed by atoms with van der Waals surface area (Å²) in [6.45, 7) is 3.73. The Hall–Kier alpha value is -0.640. The summed E-state index contributed by atoms with van der Waals surface area (Å²) < 4.78 is 18.5.